The average Bonchev–Trinajstić information content (AvgIpc) is 3.11. The van der Waals surface area contributed by atoms with Crippen molar-refractivity contribution >= 4 is 17.8 Å². The van der Waals surface area contributed by atoms with E-state index in [0.29, 0.717) is 5.92 Å². The molecule has 0 unspecified atom stereocenters. The van der Waals surface area contributed by atoms with E-state index in [4.69, 9.17) is 5.11 Å². The number of esters is 1. The van der Waals surface area contributed by atoms with Gasteiger partial charge in [0.2, 0.25) is 5.91 Å². The fourth-order valence-corrected chi connectivity index (χ4v) is 1.41. The molecular formula is C11H18N2O5. The number of carboxylic acid groups (broad SMARTS) is 1. The average molecular weight is 258 g/mol. The molecule has 0 heterocycles. The zero-order valence-corrected chi connectivity index (χ0v) is 10.3. The number of nitrogens with one attached hydrogen (secondary N) is 2. The van der Waals surface area contributed by atoms with Crippen LogP contribution in [0.2, 0.25) is 0 Å². The Bertz CT molecular complexity index is 327. The minimum atomic E-state index is -1.25. The third kappa shape index (κ3) is 5.62. The van der Waals surface area contributed by atoms with Gasteiger partial charge in [0.15, 0.2) is 0 Å². The first-order valence-corrected chi connectivity index (χ1v) is 5.82. The zero-order chi connectivity index (χ0) is 13.5. The van der Waals surface area contributed by atoms with Gasteiger partial charge in [0.25, 0.3) is 0 Å². The van der Waals surface area contributed by atoms with Gasteiger partial charge in [-0.2, -0.15) is 0 Å². The predicted molar refractivity (Wildman–Crippen MR) is 61.8 cm³/mol. The van der Waals surface area contributed by atoms with Gasteiger partial charge >= 0.3 is 11.9 Å². The molecule has 0 aromatic heterocycles. The molecule has 0 radical (unpaired) electrons. The number of hydrogen-bond acceptors (Lipinski definition) is 5. The third-order valence-corrected chi connectivity index (χ3v) is 2.65. The quantitative estimate of drug-likeness (QED) is 0.488. The first-order chi connectivity index (χ1) is 8.52. The van der Waals surface area contributed by atoms with Gasteiger partial charge in [0.1, 0.15) is 6.04 Å². The molecule has 1 aliphatic rings. The van der Waals surface area contributed by atoms with Crippen LogP contribution in [0.4, 0.5) is 0 Å². The number of aliphatic carboxylic acids is 1. The SMILES string of the molecule is COC(=O)C[C@H](NC(=O)CNCC1CC1)C(=O)O. The molecule has 0 bridgehead atoms. The Labute approximate surface area is 105 Å². The van der Waals surface area contributed by atoms with Gasteiger partial charge in [-0.05, 0) is 25.3 Å². The first-order valence-electron chi connectivity index (χ1n) is 5.82. The van der Waals surface area contributed by atoms with E-state index in [9.17, 15) is 14.4 Å². The van der Waals surface area contributed by atoms with Crippen molar-refractivity contribution in [1.29, 1.82) is 0 Å². The summed E-state index contributed by atoms with van der Waals surface area (Å²) in [7, 11) is 1.17. The summed E-state index contributed by atoms with van der Waals surface area (Å²) < 4.78 is 4.36. The predicted octanol–water partition coefficient (Wildman–Crippen LogP) is -0.881. The van der Waals surface area contributed by atoms with E-state index in [1.807, 2.05) is 0 Å². The summed E-state index contributed by atoms with van der Waals surface area (Å²) in [5, 5.41) is 14.1. The van der Waals surface area contributed by atoms with E-state index in [0.717, 1.165) is 6.54 Å². The third-order valence-electron chi connectivity index (χ3n) is 2.65. The Morgan fingerprint density at radius 1 is 1.39 bits per heavy atom. The molecular weight excluding hydrogens is 240 g/mol. The molecule has 0 aromatic rings. The Morgan fingerprint density at radius 2 is 2.06 bits per heavy atom. The summed E-state index contributed by atoms with van der Waals surface area (Å²) in [5.74, 6) is -1.72. The first kappa shape index (κ1) is 14.4. The van der Waals surface area contributed by atoms with Crippen LogP contribution in [0.15, 0.2) is 0 Å². The lowest BCUT2D eigenvalue weighted by atomic mass is 10.2. The smallest absolute Gasteiger partial charge is 0.326 e. The monoisotopic (exact) mass is 258 g/mol. The van der Waals surface area contributed by atoms with Crippen LogP contribution in [-0.4, -0.2) is 49.2 Å². The van der Waals surface area contributed by atoms with Crippen molar-refractivity contribution in [3.8, 4) is 0 Å². The van der Waals surface area contributed by atoms with Crippen molar-refractivity contribution < 1.29 is 24.2 Å². The van der Waals surface area contributed by atoms with Crippen LogP contribution in [0, 0.1) is 5.92 Å². The van der Waals surface area contributed by atoms with Crippen LogP contribution in [0.1, 0.15) is 19.3 Å². The summed E-state index contributed by atoms with van der Waals surface area (Å²) in [4.78, 5) is 33.2. The highest BCUT2D eigenvalue weighted by Crippen LogP contribution is 2.27. The summed E-state index contributed by atoms with van der Waals surface area (Å²) >= 11 is 0. The van der Waals surface area contributed by atoms with Gasteiger partial charge in [0, 0.05) is 0 Å². The molecule has 1 amide bonds. The number of carbonyl (C=O) groups is 3. The molecule has 0 aliphatic heterocycles. The summed E-state index contributed by atoms with van der Waals surface area (Å²) in [6.45, 7) is 0.823. The molecule has 102 valence electrons. The number of carboxylic acids is 1. The molecule has 7 heteroatoms. The maximum absolute atomic E-state index is 11.4. The van der Waals surface area contributed by atoms with Crippen molar-refractivity contribution in [3.63, 3.8) is 0 Å². The minimum absolute atomic E-state index is 0.0570. The van der Waals surface area contributed by atoms with E-state index in [1.165, 1.54) is 20.0 Å². The standard InChI is InChI=1S/C11H18N2O5/c1-18-10(15)4-8(11(16)17)13-9(14)6-12-5-7-2-3-7/h7-8,12H,2-6H2,1H3,(H,13,14)(H,16,17)/t8-/m0/s1. The largest absolute Gasteiger partial charge is 0.480 e. The second-order valence-electron chi connectivity index (χ2n) is 4.31. The molecule has 1 aliphatic carbocycles. The number of methoxy groups -OCH3 is 1. The molecule has 0 saturated heterocycles. The number of ether oxygens (including phenoxy) is 1. The van der Waals surface area contributed by atoms with Crippen molar-refractivity contribution in [2.24, 2.45) is 5.92 Å². The number of amides is 1. The molecule has 18 heavy (non-hydrogen) atoms. The van der Waals surface area contributed by atoms with Crippen LogP contribution in [0.25, 0.3) is 0 Å². The molecule has 0 aromatic carbocycles. The van der Waals surface area contributed by atoms with Crippen LogP contribution in [-0.2, 0) is 19.1 Å². The second kappa shape index (κ2) is 6.95. The fraction of sp³-hybridized carbons (Fsp3) is 0.727. The Kier molecular flexibility index (Phi) is 5.57. The highest BCUT2D eigenvalue weighted by molar-refractivity contribution is 5.87. The van der Waals surface area contributed by atoms with Crippen LogP contribution < -0.4 is 10.6 Å². The van der Waals surface area contributed by atoms with Gasteiger partial charge in [-0.15, -0.1) is 0 Å². The van der Waals surface area contributed by atoms with Crippen molar-refractivity contribution in [3.05, 3.63) is 0 Å². The van der Waals surface area contributed by atoms with E-state index >= 15 is 0 Å². The maximum Gasteiger partial charge on any atom is 0.326 e. The molecule has 0 spiro atoms. The number of rotatable bonds is 8. The molecule has 1 saturated carbocycles. The van der Waals surface area contributed by atoms with Gasteiger partial charge in [0.05, 0.1) is 20.1 Å². The van der Waals surface area contributed by atoms with E-state index in [-0.39, 0.29) is 13.0 Å². The molecule has 3 N–H and O–H groups in total. The Morgan fingerprint density at radius 3 is 2.56 bits per heavy atom. The maximum atomic E-state index is 11.4. The lowest BCUT2D eigenvalue weighted by Gasteiger charge is -2.13. The summed E-state index contributed by atoms with van der Waals surface area (Å²) in [5.41, 5.74) is 0. The second-order valence-corrected chi connectivity index (χ2v) is 4.31. The normalized spacial score (nSPS) is 15.8. The van der Waals surface area contributed by atoms with E-state index in [2.05, 4.69) is 15.4 Å². The van der Waals surface area contributed by atoms with Crippen LogP contribution in [0.3, 0.4) is 0 Å². The number of hydrogen-bond donors (Lipinski definition) is 3. The van der Waals surface area contributed by atoms with Crippen LogP contribution >= 0.6 is 0 Å². The lowest BCUT2D eigenvalue weighted by molar-refractivity contribution is -0.148. The summed E-state index contributed by atoms with van der Waals surface area (Å²) in [6.07, 6.45) is 1.98. The Hall–Kier alpha value is -1.63. The highest BCUT2D eigenvalue weighted by atomic mass is 16.5. The van der Waals surface area contributed by atoms with Crippen LogP contribution in [0.5, 0.6) is 0 Å². The molecule has 1 atom stereocenters. The summed E-state index contributed by atoms with van der Waals surface area (Å²) in [6, 6.07) is -1.24. The van der Waals surface area contributed by atoms with E-state index < -0.39 is 23.9 Å². The van der Waals surface area contributed by atoms with Gasteiger partial charge in [-0.25, -0.2) is 4.79 Å². The lowest BCUT2D eigenvalue weighted by Crippen LogP contribution is -2.46. The van der Waals surface area contributed by atoms with Gasteiger partial charge < -0.3 is 20.5 Å². The Balaban J connectivity index is 2.27. The number of carbonyl (C=O) groups excluding carboxylic acids is 2. The van der Waals surface area contributed by atoms with Crippen molar-refractivity contribution in [1.82, 2.24) is 10.6 Å². The van der Waals surface area contributed by atoms with Crippen molar-refractivity contribution in [2.45, 2.75) is 25.3 Å². The molecule has 1 fully saturated rings. The fourth-order valence-electron chi connectivity index (χ4n) is 1.41. The van der Waals surface area contributed by atoms with Gasteiger partial charge in [-0.1, -0.05) is 0 Å². The van der Waals surface area contributed by atoms with Gasteiger partial charge in [-0.3, -0.25) is 9.59 Å². The van der Waals surface area contributed by atoms with Crippen molar-refractivity contribution in [2.75, 3.05) is 20.2 Å². The highest BCUT2D eigenvalue weighted by Gasteiger charge is 2.24. The topological polar surface area (TPSA) is 105 Å². The van der Waals surface area contributed by atoms with E-state index in [1.54, 1.807) is 0 Å². The minimum Gasteiger partial charge on any atom is -0.480 e. The zero-order valence-electron chi connectivity index (χ0n) is 10.3. The molecule has 1 rings (SSSR count). The molecule has 7 nitrogen and oxygen atoms in total.